The van der Waals surface area contributed by atoms with Gasteiger partial charge in [0.1, 0.15) is 11.8 Å². The Morgan fingerprint density at radius 3 is 2.41 bits per heavy atom. The van der Waals surface area contributed by atoms with E-state index < -0.39 is 17.9 Å². The molecule has 1 aromatic rings. The minimum atomic E-state index is -1.06. The number of rotatable bonds is 8. The molecule has 0 spiro atoms. The standard InChI is InChI=1S/C17H23NO4/c1-5-6-7-14(17(20)21)18-15(19)10-22-16-12(3)8-11(2)9-13(16)4/h5,8-9,14H,1,6-7,10H2,2-4H3,(H,18,19)(H,20,21). The number of aliphatic carboxylic acids is 1. The molecule has 0 bridgehead atoms. The lowest BCUT2D eigenvalue weighted by atomic mass is 10.1. The molecule has 5 heteroatoms. The van der Waals surface area contributed by atoms with Gasteiger partial charge in [-0.3, -0.25) is 4.79 Å². The van der Waals surface area contributed by atoms with Crippen molar-refractivity contribution >= 4 is 11.9 Å². The Morgan fingerprint density at radius 1 is 1.32 bits per heavy atom. The number of amides is 1. The summed E-state index contributed by atoms with van der Waals surface area (Å²) in [6, 6.07) is 3.03. The Kier molecular flexibility index (Phi) is 6.63. The number of hydrogen-bond acceptors (Lipinski definition) is 3. The Hall–Kier alpha value is -2.30. The van der Waals surface area contributed by atoms with Crippen LogP contribution in [0.4, 0.5) is 0 Å². The summed E-state index contributed by atoms with van der Waals surface area (Å²) in [6.07, 6.45) is 2.46. The molecule has 0 saturated heterocycles. The Bertz CT molecular complexity index is 543. The van der Waals surface area contributed by atoms with Gasteiger partial charge in [0, 0.05) is 0 Å². The molecule has 0 saturated carbocycles. The molecular formula is C17H23NO4. The topological polar surface area (TPSA) is 75.6 Å². The van der Waals surface area contributed by atoms with Gasteiger partial charge in [0.2, 0.25) is 0 Å². The number of nitrogens with one attached hydrogen (secondary N) is 1. The quantitative estimate of drug-likeness (QED) is 0.724. The predicted molar refractivity (Wildman–Crippen MR) is 85.1 cm³/mol. The van der Waals surface area contributed by atoms with Gasteiger partial charge in [0.25, 0.3) is 5.91 Å². The van der Waals surface area contributed by atoms with Gasteiger partial charge in [-0.25, -0.2) is 4.79 Å². The molecule has 0 radical (unpaired) electrons. The molecule has 22 heavy (non-hydrogen) atoms. The van der Waals surface area contributed by atoms with Gasteiger partial charge in [0.05, 0.1) is 0 Å². The fourth-order valence-corrected chi connectivity index (χ4v) is 2.31. The van der Waals surface area contributed by atoms with Crippen LogP contribution in [0.3, 0.4) is 0 Å². The first-order valence-corrected chi connectivity index (χ1v) is 7.19. The van der Waals surface area contributed by atoms with Crippen molar-refractivity contribution in [3.8, 4) is 5.75 Å². The van der Waals surface area contributed by atoms with E-state index in [0.29, 0.717) is 18.6 Å². The van der Waals surface area contributed by atoms with Crippen molar-refractivity contribution < 1.29 is 19.4 Å². The van der Waals surface area contributed by atoms with Crippen molar-refractivity contribution in [2.45, 2.75) is 39.7 Å². The first kappa shape index (κ1) is 17.8. The Balaban J connectivity index is 2.62. The smallest absolute Gasteiger partial charge is 0.326 e. The van der Waals surface area contributed by atoms with E-state index in [9.17, 15) is 9.59 Å². The number of allylic oxidation sites excluding steroid dienone is 1. The molecule has 0 aliphatic heterocycles. The van der Waals surface area contributed by atoms with Gasteiger partial charge < -0.3 is 15.2 Å². The third-order valence-electron chi connectivity index (χ3n) is 3.25. The van der Waals surface area contributed by atoms with Crippen molar-refractivity contribution in [3.05, 3.63) is 41.5 Å². The van der Waals surface area contributed by atoms with E-state index in [0.717, 1.165) is 16.7 Å². The van der Waals surface area contributed by atoms with Crippen molar-refractivity contribution in [1.82, 2.24) is 5.32 Å². The second-order valence-electron chi connectivity index (χ2n) is 5.34. The fourth-order valence-electron chi connectivity index (χ4n) is 2.31. The van der Waals surface area contributed by atoms with Crippen LogP contribution in [0.1, 0.15) is 29.5 Å². The molecule has 5 nitrogen and oxygen atoms in total. The maximum atomic E-state index is 11.9. The first-order valence-electron chi connectivity index (χ1n) is 7.19. The number of carbonyl (C=O) groups excluding carboxylic acids is 1. The van der Waals surface area contributed by atoms with Crippen molar-refractivity contribution in [3.63, 3.8) is 0 Å². The second kappa shape index (κ2) is 8.22. The summed E-state index contributed by atoms with van der Waals surface area (Å²) >= 11 is 0. The number of benzene rings is 1. The number of hydrogen-bond donors (Lipinski definition) is 2. The molecule has 1 amide bonds. The highest BCUT2D eigenvalue weighted by Gasteiger charge is 2.19. The SMILES string of the molecule is C=CCCC(NC(=O)COc1c(C)cc(C)cc1C)C(=O)O. The van der Waals surface area contributed by atoms with Crippen molar-refractivity contribution in [2.75, 3.05) is 6.61 Å². The lowest BCUT2D eigenvalue weighted by Crippen LogP contribution is -2.42. The normalized spacial score (nSPS) is 11.6. The monoisotopic (exact) mass is 305 g/mol. The van der Waals surface area contributed by atoms with E-state index in [1.165, 1.54) is 0 Å². The van der Waals surface area contributed by atoms with Crippen LogP contribution in [0.5, 0.6) is 5.75 Å². The lowest BCUT2D eigenvalue weighted by molar-refractivity contribution is -0.142. The maximum Gasteiger partial charge on any atom is 0.326 e. The Morgan fingerprint density at radius 2 is 1.91 bits per heavy atom. The molecule has 1 unspecified atom stereocenters. The number of carbonyl (C=O) groups is 2. The van der Waals surface area contributed by atoms with Gasteiger partial charge in [-0.2, -0.15) is 0 Å². The average molecular weight is 305 g/mol. The minimum Gasteiger partial charge on any atom is -0.483 e. The van der Waals surface area contributed by atoms with Crippen LogP contribution < -0.4 is 10.1 Å². The zero-order valence-corrected chi connectivity index (χ0v) is 13.3. The third kappa shape index (κ3) is 5.24. The summed E-state index contributed by atoms with van der Waals surface area (Å²) in [5, 5.41) is 11.5. The van der Waals surface area contributed by atoms with E-state index >= 15 is 0 Å². The number of carboxylic acids is 1. The molecule has 0 heterocycles. The summed E-state index contributed by atoms with van der Waals surface area (Å²) in [5.74, 6) is -0.840. The van der Waals surface area contributed by atoms with E-state index in [4.69, 9.17) is 9.84 Å². The molecule has 2 N–H and O–H groups in total. The van der Waals surface area contributed by atoms with E-state index in [-0.39, 0.29) is 6.61 Å². The van der Waals surface area contributed by atoms with Crippen molar-refractivity contribution in [2.24, 2.45) is 0 Å². The third-order valence-corrected chi connectivity index (χ3v) is 3.25. The summed E-state index contributed by atoms with van der Waals surface area (Å²) in [6.45, 7) is 9.16. The molecule has 1 aromatic carbocycles. The molecular weight excluding hydrogens is 282 g/mol. The lowest BCUT2D eigenvalue weighted by Gasteiger charge is -2.16. The Labute approximate surface area is 131 Å². The van der Waals surface area contributed by atoms with E-state index in [1.807, 2.05) is 32.9 Å². The van der Waals surface area contributed by atoms with Crippen LogP contribution in [0.25, 0.3) is 0 Å². The summed E-state index contributed by atoms with van der Waals surface area (Å²) in [7, 11) is 0. The molecule has 0 aromatic heterocycles. The molecule has 1 atom stereocenters. The van der Waals surface area contributed by atoms with Gasteiger partial charge >= 0.3 is 5.97 Å². The predicted octanol–water partition coefficient (Wildman–Crippen LogP) is 2.53. The molecule has 0 aliphatic carbocycles. The zero-order chi connectivity index (χ0) is 16.7. The maximum absolute atomic E-state index is 11.9. The van der Waals surface area contributed by atoms with Crippen LogP contribution in [0.15, 0.2) is 24.8 Å². The van der Waals surface area contributed by atoms with Crippen LogP contribution in [-0.2, 0) is 9.59 Å². The van der Waals surface area contributed by atoms with Gasteiger partial charge in [-0.15, -0.1) is 6.58 Å². The summed E-state index contributed by atoms with van der Waals surface area (Å²) in [5.41, 5.74) is 3.03. The number of ether oxygens (including phenoxy) is 1. The first-order chi connectivity index (χ1) is 10.3. The van der Waals surface area contributed by atoms with E-state index in [2.05, 4.69) is 11.9 Å². The van der Waals surface area contributed by atoms with Gasteiger partial charge in [0.15, 0.2) is 6.61 Å². The van der Waals surface area contributed by atoms with E-state index in [1.54, 1.807) is 6.08 Å². The van der Waals surface area contributed by atoms with Crippen LogP contribution in [0.2, 0.25) is 0 Å². The highest BCUT2D eigenvalue weighted by atomic mass is 16.5. The largest absolute Gasteiger partial charge is 0.483 e. The highest BCUT2D eigenvalue weighted by molar-refractivity contribution is 5.84. The van der Waals surface area contributed by atoms with Crippen LogP contribution >= 0.6 is 0 Å². The molecule has 0 fully saturated rings. The summed E-state index contributed by atoms with van der Waals surface area (Å²) < 4.78 is 5.54. The van der Waals surface area contributed by atoms with Gasteiger partial charge in [-0.1, -0.05) is 23.8 Å². The molecule has 120 valence electrons. The average Bonchev–Trinajstić information content (AvgIpc) is 2.41. The zero-order valence-electron chi connectivity index (χ0n) is 13.3. The summed E-state index contributed by atoms with van der Waals surface area (Å²) in [4.78, 5) is 22.9. The van der Waals surface area contributed by atoms with Gasteiger partial charge in [-0.05, 0) is 44.7 Å². The number of aryl methyl sites for hydroxylation is 3. The molecule has 1 rings (SSSR count). The highest BCUT2D eigenvalue weighted by Crippen LogP contribution is 2.24. The fraction of sp³-hybridized carbons (Fsp3) is 0.412. The number of carboxylic acid groups (broad SMARTS) is 1. The van der Waals surface area contributed by atoms with Crippen molar-refractivity contribution in [1.29, 1.82) is 0 Å². The van der Waals surface area contributed by atoms with Crippen LogP contribution in [0, 0.1) is 20.8 Å². The molecule has 0 aliphatic rings. The second-order valence-corrected chi connectivity index (χ2v) is 5.34. The van der Waals surface area contributed by atoms with Crippen LogP contribution in [-0.4, -0.2) is 29.6 Å². The minimum absolute atomic E-state index is 0.206.